The van der Waals surface area contributed by atoms with E-state index in [1.807, 2.05) is 11.8 Å². The lowest BCUT2D eigenvalue weighted by Gasteiger charge is -2.30. The van der Waals surface area contributed by atoms with E-state index >= 15 is 0 Å². The van der Waals surface area contributed by atoms with Crippen molar-refractivity contribution in [3.63, 3.8) is 0 Å². The fourth-order valence-electron chi connectivity index (χ4n) is 4.29. The van der Waals surface area contributed by atoms with Gasteiger partial charge in [-0.05, 0) is 63.7 Å². The van der Waals surface area contributed by atoms with Gasteiger partial charge in [0, 0.05) is 43.4 Å². The van der Waals surface area contributed by atoms with Crippen molar-refractivity contribution < 1.29 is 4.79 Å². The maximum absolute atomic E-state index is 11.5. The van der Waals surface area contributed by atoms with Crippen LogP contribution in [0, 0.1) is 11.8 Å². The van der Waals surface area contributed by atoms with Crippen LogP contribution in [-0.2, 0) is 4.79 Å². The number of benzene rings is 1. The van der Waals surface area contributed by atoms with Gasteiger partial charge in [-0.15, -0.1) is 35.7 Å². The van der Waals surface area contributed by atoms with Gasteiger partial charge in [-0.2, -0.15) is 0 Å². The van der Waals surface area contributed by atoms with Crippen LogP contribution in [0.2, 0.25) is 0 Å². The number of primary amides is 1. The largest absolute Gasteiger partial charge is 0.369 e. The first-order valence-corrected chi connectivity index (χ1v) is 12.4. The van der Waals surface area contributed by atoms with Crippen LogP contribution in [0.5, 0.6) is 0 Å². The molecule has 3 rings (SSSR count). The van der Waals surface area contributed by atoms with Crippen molar-refractivity contribution in [2.75, 3.05) is 51.6 Å². The summed E-state index contributed by atoms with van der Waals surface area (Å²) in [5, 5.41) is 3.47. The van der Waals surface area contributed by atoms with Crippen LogP contribution < -0.4 is 11.1 Å². The Labute approximate surface area is 208 Å². The van der Waals surface area contributed by atoms with Crippen LogP contribution >= 0.6 is 35.7 Å². The molecule has 2 atom stereocenters. The molecule has 174 valence electrons. The van der Waals surface area contributed by atoms with Crippen molar-refractivity contribution in [2.45, 2.75) is 37.5 Å². The molecule has 0 saturated carbocycles. The Balaban J connectivity index is 0.00000341. The third-order valence-electron chi connectivity index (χ3n) is 5.95. The maximum atomic E-state index is 11.5. The molecule has 0 spiro atoms. The van der Waals surface area contributed by atoms with Crippen molar-refractivity contribution >= 4 is 47.6 Å². The molecular formula is C23H38IN5OS. The molecule has 2 fully saturated rings. The molecule has 0 bridgehead atoms. The molecule has 0 aromatic heterocycles. The number of thioether (sulfide) groups is 1. The van der Waals surface area contributed by atoms with Gasteiger partial charge in [0.05, 0.1) is 5.92 Å². The molecule has 6 nitrogen and oxygen atoms in total. The second-order valence-corrected chi connectivity index (χ2v) is 9.45. The first-order chi connectivity index (χ1) is 14.7. The van der Waals surface area contributed by atoms with E-state index in [0.29, 0.717) is 5.92 Å². The van der Waals surface area contributed by atoms with Crippen molar-refractivity contribution in [1.82, 2.24) is 15.1 Å². The summed E-state index contributed by atoms with van der Waals surface area (Å²) < 4.78 is 0. The highest BCUT2D eigenvalue weighted by atomic mass is 127. The van der Waals surface area contributed by atoms with E-state index in [0.717, 1.165) is 76.8 Å². The topological polar surface area (TPSA) is 74.0 Å². The number of nitrogens with two attached hydrogens (primary N) is 1. The highest BCUT2D eigenvalue weighted by Gasteiger charge is 2.25. The van der Waals surface area contributed by atoms with Crippen LogP contribution in [0.25, 0.3) is 0 Å². The lowest BCUT2D eigenvalue weighted by Crippen LogP contribution is -2.42. The van der Waals surface area contributed by atoms with Crippen LogP contribution in [-0.4, -0.2) is 73.2 Å². The number of halogens is 1. The third-order valence-corrected chi connectivity index (χ3v) is 7.19. The Kier molecular flexibility index (Phi) is 12.0. The minimum atomic E-state index is -0.152. The van der Waals surface area contributed by atoms with Gasteiger partial charge < -0.3 is 20.9 Å². The van der Waals surface area contributed by atoms with Crippen LogP contribution in [0.1, 0.15) is 32.6 Å². The molecule has 8 heteroatoms. The van der Waals surface area contributed by atoms with Crippen molar-refractivity contribution in [3.8, 4) is 0 Å². The summed E-state index contributed by atoms with van der Waals surface area (Å²) in [6.07, 6.45) is 4.25. The summed E-state index contributed by atoms with van der Waals surface area (Å²) in [5.74, 6) is 2.79. The Bertz CT molecular complexity index is 690. The van der Waals surface area contributed by atoms with Crippen molar-refractivity contribution in [3.05, 3.63) is 30.3 Å². The van der Waals surface area contributed by atoms with Gasteiger partial charge in [0.15, 0.2) is 5.96 Å². The predicted octanol–water partition coefficient (Wildman–Crippen LogP) is 3.27. The lowest BCUT2D eigenvalue weighted by atomic mass is 9.97. The Hall–Kier alpha value is -1.000. The summed E-state index contributed by atoms with van der Waals surface area (Å²) in [4.78, 5) is 22.5. The zero-order valence-electron chi connectivity index (χ0n) is 18.7. The summed E-state index contributed by atoms with van der Waals surface area (Å²) in [5.41, 5.74) is 5.49. The van der Waals surface area contributed by atoms with Crippen LogP contribution in [0.4, 0.5) is 0 Å². The molecule has 0 aliphatic carbocycles. The predicted molar refractivity (Wildman–Crippen MR) is 141 cm³/mol. The standard InChI is InChI=1S/C23H37N5OS.HI/c1-2-25-23(26-12-7-14-27-13-6-8-20(17-27)22(24)29)28-15-11-19(16-28)18-30-21-9-4-3-5-10-21;/h3-5,9-10,19-20H,2,6-8,11-18H2,1H3,(H2,24,29)(H,25,26);1H. The van der Waals surface area contributed by atoms with Gasteiger partial charge in [-0.25, -0.2) is 0 Å². The number of amides is 1. The van der Waals surface area contributed by atoms with Gasteiger partial charge in [-0.3, -0.25) is 9.79 Å². The summed E-state index contributed by atoms with van der Waals surface area (Å²) in [6, 6.07) is 10.7. The molecule has 3 N–H and O–H groups in total. The zero-order valence-corrected chi connectivity index (χ0v) is 21.8. The van der Waals surface area contributed by atoms with Crippen molar-refractivity contribution in [1.29, 1.82) is 0 Å². The molecular weight excluding hydrogens is 521 g/mol. The quantitative estimate of drug-likeness (QED) is 0.160. The van der Waals surface area contributed by atoms with Gasteiger partial charge in [0.2, 0.25) is 5.91 Å². The molecule has 2 aliphatic rings. The van der Waals surface area contributed by atoms with E-state index in [4.69, 9.17) is 10.7 Å². The van der Waals surface area contributed by atoms with Crippen molar-refractivity contribution in [2.24, 2.45) is 22.6 Å². The van der Waals surface area contributed by atoms with E-state index in [-0.39, 0.29) is 35.8 Å². The fourth-order valence-corrected chi connectivity index (χ4v) is 5.34. The van der Waals surface area contributed by atoms with Crippen LogP contribution in [0.3, 0.4) is 0 Å². The minimum absolute atomic E-state index is 0. The average Bonchev–Trinajstić information content (AvgIpc) is 3.24. The van der Waals surface area contributed by atoms with E-state index in [2.05, 4.69) is 52.4 Å². The van der Waals surface area contributed by atoms with Crippen LogP contribution in [0.15, 0.2) is 40.2 Å². The zero-order chi connectivity index (χ0) is 21.2. The van der Waals surface area contributed by atoms with Gasteiger partial charge in [0.1, 0.15) is 0 Å². The number of carbonyl (C=O) groups is 1. The number of guanidine groups is 1. The molecule has 1 aromatic rings. The lowest BCUT2D eigenvalue weighted by molar-refractivity contribution is -0.123. The Morgan fingerprint density at radius 1 is 1.23 bits per heavy atom. The highest BCUT2D eigenvalue weighted by Crippen LogP contribution is 2.26. The Morgan fingerprint density at radius 2 is 2.03 bits per heavy atom. The molecule has 31 heavy (non-hydrogen) atoms. The van der Waals surface area contributed by atoms with E-state index in [9.17, 15) is 4.79 Å². The normalized spacial score (nSPS) is 22.2. The van der Waals surface area contributed by atoms with E-state index in [1.165, 1.54) is 11.3 Å². The third kappa shape index (κ3) is 8.81. The number of nitrogens with zero attached hydrogens (tertiary/aromatic N) is 3. The molecule has 2 saturated heterocycles. The molecule has 2 heterocycles. The number of carbonyl (C=O) groups excluding carboxylic acids is 1. The second kappa shape index (κ2) is 14.2. The number of nitrogens with one attached hydrogen (secondary N) is 1. The number of hydrogen-bond acceptors (Lipinski definition) is 4. The monoisotopic (exact) mass is 559 g/mol. The number of likely N-dealkylation sites (tertiary alicyclic amines) is 2. The molecule has 1 amide bonds. The number of piperidine rings is 1. The first kappa shape index (κ1) is 26.3. The average molecular weight is 560 g/mol. The highest BCUT2D eigenvalue weighted by molar-refractivity contribution is 14.0. The second-order valence-electron chi connectivity index (χ2n) is 8.36. The summed E-state index contributed by atoms with van der Waals surface area (Å²) in [7, 11) is 0. The SMILES string of the molecule is CCNC(=NCCCN1CCCC(C(N)=O)C1)N1CCC(CSc2ccccc2)C1.I. The first-order valence-electron chi connectivity index (χ1n) is 11.4. The summed E-state index contributed by atoms with van der Waals surface area (Å²) >= 11 is 1.96. The fraction of sp³-hybridized carbons (Fsp3) is 0.652. The number of rotatable bonds is 9. The number of aliphatic imine (C=N–C) groups is 1. The van der Waals surface area contributed by atoms with E-state index < -0.39 is 0 Å². The Morgan fingerprint density at radius 3 is 2.77 bits per heavy atom. The molecule has 2 unspecified atom stereocenters. The number of hydrogen-bond donors (Lipinski definition) is 2. The molecule has 0 radical (unpaired) electrons. The minimum Gasteiger partial charge on any atom is -0.369 e. The smallest absolute Gasteiger partial charge is 0.221 e. The molecule has 2 aliphatic heterocycles. The summed E-state index contributed by atoms with van der Waals surface area (Å²) in [6.45, 7) is 8.88. The van der Waals surface area contributed by atoms with Gasteiger partial charge in [0.25, 0.3) is 0 Å². The molecule has 1 aromatic carbocycles. The van der Waals surface area contributed by atoms with Gasteiger partial charge >= 0.3 is 0 Å². The maximum Gasteiger partial charge on any atom is 0.221 e. The van der Waals surface area contributed by atoms with Gasteiger partial charge in [-0.1, -0.05) is 18.2 Å². The van der Waals surface area contributed by atoms with E-state index in [1.54, 1.807) is 0 Å².